The van der Waals surface area contributed by atoms with Crippen molar-refractivity contribution in [3.05, 3.63) is 40.1 Å². The first-order chi connectivity index (χ1) is 5.74. The maximum atomic E-state index is 11.1. The van der Waals surface area contributed by atoms with E-state index in [0.717, 1.165) is 18.4 Å². The number of hydrogen-bond acceptors (Lipinski definition) is 2. The van der Waals surface area contributed by atoms with Crippen LogP contribution in [-0.2, 0) is 6.42 Å². The van der Waals surface area contributed by atoms with E-state index >= 15 is 0 Å². The first-order valence-corrected chi connectivity index (χ1v) is 4.06. The summed E-state index contributed by atoms with van der Waals surface area (Å²) >= 11 is 0. The van der Waals surface area contributed by atoms with Gasteiger partial charge in [0.15, 0.2) is 5.75 Å². The van der Waals surface area contributed by atoms with Crippen LogP contribution < -0.4 is 5.43 Å². The summed E-state index contributed by atoms with van der Waals surface area (Å²) in [5.41, 5.74) is 0.672. The Kier molecular flexibility index (Phi) is 5.74. The standard InChI is InChI=1S/C10H12O2.Mg.2H/c1-2-4-8-5-3-6-9(11)10(12)7-8;;;/h3,5-7H,2,4H2,1H3,(H,11,12);;;/q;+2;2*-1. The summed E-state index contributed by atoms with van der Waals surface area (Å²) in [6.07, 6.45) is 1.88. The van der Waals surface area contributed by atoms with Gasteiger partial charge in [-0.3, -0.25) is 4.79 Å². The molecule has 0 amide bonds. The van der Waals surface area contributed by atoms with Crippen LogP contribution >= 0.6 is 0 Å². The predicted molar refractivity (Wildman–Crippen MR) is 56.3 cm³/mol. The zero-order valence-electron chi connectivity index (χ0n) is 9.79. The van der Waals surface area contributed by atoms with E-state index in [1.54, 1.807) is 6.07 Å². The zero-order chi connectivity index (χ0) is 8.97. The average molecular weight is 191 g/mol. The van der Waals surface area contributed by atoms with Gasteiger partial charge in [-0.1, -0.05) is 25.5 Å². The van der Waals surface area contributed by atoms with Crippen LogP contribution in [0.15, 0.2) is 29.1 Å². The quantitative estimate of drug-likeness (QED) is 0.719. The van der Waals surface area contributed by atoms with Crippen LogP contribution in [0.1, 0.15) is 21.8 Å². The number of aromatic hydroxyl groups is 1. The molecule has 1 aromatic carbocycles. The average Bonchev–Trinajstić information content (AvgIpc) is 2.16. The fourth-order valence-electron chi connectivity index (χ4n) is 1.08. The topological polar surface area (TPSA) is 37.3 Å². The van der Waals surface area contributed by atoms with Gasteiger partial charge in [-0.25, -0.2) is 0 Å². The fraction of sp³-hybridized carbons (Fsp3) is 0.300. The van der Waals surface area contributed by atoms with Crippen molar-refractivity contribution in [3.63, 3.8) is 0 Å². The second-order valence-electron chi connectivity index (χ2n) is 2.74. The third-order valence-electron chi connectivity index (χ3n) is 1.67. The Bertz CT molecular complexity index is 331. The Morgan fingerprint density at radius 1 is 1.46 bits per heavy atom. The second kappa shape index (κ2) is 5.99. The Hall–Kier alpha value is -0.544. The summed E-state index contributed by atoms with van der Waals surface area (Å²) in [5.74, 6) is -0.183. The molecule has 3 heteroatoms. The predicted octanol–water partition coefficient (Wildman–Crippen LogP) is 1.55. The molecule has 0 spiro atoms. The van der Waals surface area contributed by atoms with Crippen LogP contribution in [0.2, 0.25) is 0 Å². The Morgan fingerprint density at radius 2 is 2.15 bits per heavy atom. The van der Waals surface area contributed by atoms with Gasteiger partial charge in [0, 0.05) is 0 Å². The van der Waals surface area contributed by atoms with Crippen LogP contribution in [0, 0.1) is 0 Å². The molecule has 0 aliphatic heterocycles. The van der Waals surface area contributed by atoms with Crippen LogP contribution in [0.5, 0.6) is 5.75 Å². The van der Waals surface area contributed by atoms with Crippen LogP contribution in [0.4, 0.5) is 0 Å². The zero-order valence-corrected chi connectivity index (χ0v) is 9.20. The molecule has 0 atom stereocenters. The first-order valence-electron chi connectivity index (χ1n) is 4.06. The van der Waals surface area contributed by atoms with Crippen molar-refractivity contribution in [3.8, 4) is 5.75 Å². The van der Waals surface area contributed by atoms with Crippen molar-refractivity contribution in [1.29, 1.82) is 0 Å². The van der Waals surface area contributed by atoms with E-state index in [1.807, 2.05) is 6.07 Å². The number of rotatable bonds is 2. The van der Waals surface area contributed by atoms with Crippen LogP contribution in [0.25, 0.3) is 0 Å². The normalized spacial score (nSPS) is 9.00. The number of aryl methyl sites for hydroxylation is 1. The smallest absolute Gasteiger partial charge is 1.00 e. The van der Waals surface area contributed by atoms with Crippen molar-refractivity contribution in [2.24, 2.45) is 0 Å². The van der Waals surface area contributed by atoms with Gasteiger partial charge >= 0.3 is 23.1 Å². The molecule has 0 heterocycles. The number of hydrogen-bond donors (Lipinski definition) is 1. The molecule has 1 aromatic rings. The summed E-state index contributed by atoms with van der Waals surface area (Å²) in [6, 6.07) is 6.45. The fourth-order valence-corrected chi connectivity index (χ4v) is 1.08. The first kappa shape index (κ1) is 12.5. The van der Waals surface area contributed by atoms with E-state index in [0.29, 0.717) is 0 Å². The molecule has 13 heavy (non-hydrogen) atoms. The molecule has 0 fully saturated rings. The summed E-state index contributed by atoms with van der Waals surface area (Å²) in [6.45, 7) is 2.05. The summed E-state index contributed by atoms with van der Waals surface area (Å²) in [5, 5.41) is 9.06. The molecular weight excluding hydrogens is 176 g/mol. The van der Waals surface area contributed by atoms with Crippen molar-refractivity contribution in [2.45, 2.75) is 19.8 Å². The van der Waals surface area contributed by atoms with E-state index in [9.17, 15) is 4.79 Å². The largest absolute Gasteiger partial charge is 2.00 e. The molecule has 2 nitrogen and oxygen atoms in total. The molecule has 0 unspecified atom stereocenters. The molecule has 1 N–H and O–H groups in total. The van der Waals surface area contributed by atoms with E-state index < -0.39 is 0 Å². The molecular formula is C10H14MgO2. The minimum absolute atomic E-state index is 0. The van der Waals surface area contributed by atoms with Crippen molar-refractivity contribution < 1.29 is 7.96 Å². The van der Waals surface area contributed by atoms with Crippen molar-refractivity contribution >= 4 is 23.1 Å². The van der Waals surface area contributed by atoms with Crippen LogP contribution in [0.3, 0.4) is 0 Å². The second-order valence-corrected chi connectivity index (χ2v) is 2.74. The monoisotopic (exact) mass is 190 g/mol. The molecule has 0 radical (unpaired) electrons. The SMILES string of the molecule is CCCc1cccc(O)c(=O)c1.[H-].[H-].[Mg+2]. The van der Waals surface area contributed by atoms with Gasteiger partial charge in [0.2, 0.25) is 5.43 Å². The molecule has 0 saturated carbocycles. The Morgan fingerprint density at radius 3 is 2.77 bits per heavy atom. The van der Waals surface area contributed by atoms with Gasteiger partial charge in [0.1, 0.15) is 0 Å². The maximum Gasteiger partial charge on any atom is 2.00 e. The minimum Gasteiger partial charge on any atom is -1.00 e. The third kappa shape index (κ3) is 3.78. The Balaban J connectivity index is -0.000000480. The molecule has 0 aliphatic carbocycles. The van der Waals surface area contributed by atoms with Crippen molar-refractivity contribution in [1.82, 2.24) is 0 Å². The van der Waals surface area contributed by atoms with E-state index in [1.165, 1.54) is 12.1 Å². The molecule has 1 rings (SSSR count). The van der Waals surface area contributed by atoms with E-state index in [2.05, 4.69) is 6.92 Å². The summed E-state index contributed by atoms with van der Waals surface area (Å²) in [4.78, 5) is 11.1. The minimum atomic E-state index is -0.302. The van der Waals surface area contributed by atoms with Crippen LogP contribution in [-0.4, -0.2) is 28.2 Å². The molecule has 0 aromatic heterocycles. The molecule has 0 bridgehead atoms. The van der Waals surface area contributed by atoms with Gasteiger partial charge in [-0.05, 0) is 24.1 Å². The Labute approximate surface area is 96.7 Å². The van der Waals surface area contributed by atoms with Gasteiger partial charge in [-0.2, -0.15) is 0 Å². The maximum absolute atomic E-state index is 11.1. The van der Waals surface area contributed by atoms with Gasteiger partial charge in [0.25, 0.3) is 0 Å². The van der Waals surface area contributed by atoms with Gasteiger partial charge in [0.05, 0.1) is 0 Å². The third-order valence-corrected chi connectivity index (χ3v) is 1.67. The molecule has 68 valence electrons. The van der Waals surface area contributed by atoms with Gasteiger partial charge in [-0.15, -0.1) is 0 Å². The van der Waals surface area contributed by atoms with Gasteiger partial charge < -0.3 is 7.96 Å². The summed E-state index contributed by atoms with van der Waals surface area (Å²) in [7, 11) is 0. The van der Waals surface area contributed by atoms with Crippen molar-refractivity contribution in [2.75, 3.05) is 0 Å². The molecule has 0 saturated heterocycles. The summed E-state index contributed by atoms with van der Waals surface area (Å²) < 4.78 is 0. The van der Waals surface area contributed by atoms with E-state index in [-0.39, 0.29) is 37.1 Å². The van der Waals surface area contributed by atoms with E-state index in [4.69, 9.17) is 5.11 Å². The molecule has 0 aliphatic rings.